The molecule has 0 aliphatic carbocycles. The van der Waals surface area contributed by atoms with Crippen molar-refractivity contribution in [3.8, 4) is 5.75 Å². The first-order valence-electron chi connectivity index (χ1n) is 18.1. The second kappa shape index (κ2) is 19.0. The maximum Gasteiger partial charge on any atom is 0.524 e. The normalized spacial score (nSPS) is 13.8. The van der Waals surface area contributed by atoms with Crippen LogP contribution in [-0.2, 0) is 36.7 Å². The van der Waals surface area contributed by atoms with Gasteiger partial charge in [0.15, 0.2) is 5.78 Å². The Balaban J connectivity index is 1.12. The summed E-state index contributed by atoms with van der Waals surface area (Å²) in [6.45, 7) is 2.06. The van der Waals surface area contributed by atoms with Gasteiger partial charge in [-0.25, -0.2) is 9.36 Å². The molecule has 1 aromatic heterocycles. The number of H-pyrrole nitrogens is 1. The topological polar surface area (TPSA) is 188 Å². The lowest BCUT2D eigenvalue weighted by Crippen LogP contribution is -2.30. The molecular weight excluding hydrogens is 827 g/mol. The number of carbonyl (C=O) groups is 4. The minimum atomic E-state index is -4.91. The highest BCUT2D eigenvalue weighted by Crippen LogP contribution is 2.49. The van der Waals surface area contributed by atoms with Crippen LogP contribution in [-0.4, -0.2) is 88.8 Å². The Bertz CT molecular complexity index is 2400. The van der Waals surface area contributed by atoms with Crippen LogP contribution in [0.1, 0.15) is 46.4 Å². The Labute approximate surface area is 347 Å². The van der Waals surface area contributed by atoms with Crippen molar-refractivity contribution in [2.24, 2.45) is 0 Å². The van der Waals surface area contributed by atoms with Gasteiger partial charge in [0.1, 0.15) is 24.7 Å². The number of hydrogen-bond donors (Lipinski definition) is 4. The number of ether oxygens (including phenoxy) is 2. The standard InChI is InChI=1S/C40H42ClN4O10PS2/c1-24(46)22-53-14-12-26-16-25(8-11-36(26)58-57-15-13-37(47)44(2)3)23-54-40(49)42-29-9-10-32-27(17-29)18-33(43-32)39(48)45-21-28(20-41)38-31-7-5-4-6-30(31)35(19-34(38)45)55-56(50,51)52/h4-11,16-19,28,43H,12-15,20-23H2,1-3H3,(H,42,49)(H2,50,51,52). The van der Waals surface area contributed by atoms with Crippen molar-refractivity contribution in [2.75, 3.05) is 55.7 Å². The zero-order valence-electron chi connectivity index (χ0n) is 31.9. The Kier molecular flexibility index (Phi) is 14.1. The third-order valence-electron chi connectivity index (χ3n) is 9.24. The lowest BCUT2D eigenvalue weighted by atomic mass is 9.95. The van der Waals surface area contributed by atoms with Crippen LogP contribution in [0, 0.1) is 0 Å². The summed E-state index contributed by atoms with van der Waals surface area (Å²) < 4.78 is 28.0. The van der Waals surface area contributed by atoms with Gasteiger partial charge in [0.05, 0.1) is 12.3 Å². The molecule has 306 valence electrons. The van der Waals surface area contributed by atoms with Gasteiger partial charge in [-0.1, -0.05) is 58.0 Å². The van der Waals surface area contributed by atoms with E-state index in [-0.39, 0.29) is 60.6 Å². The van der Waals surface area contributed by atoms with Crippen LogP contribution in [0.25, 0.3) is 21.7 Å². The number of aromatic nitrogens is 1. The first kappa shape index (κ1) is 43.0. The number of phosphoric acid groups is 1. The summed E-state index contributed by atoms with van der Waals surface area (Å²) in [4.78, 5) is 76.7. The van der Waals surface area contributed by atoms with Crippen LogP contribution in [0.15, 0.2) is 77.7 Å². The predicted octanol–water partition coefficient (Wildman–Crippen LogP) is 7.89. The van der Waals surface area contributed by atoms with E-state index < -0.39 is 13.9 Å². The second-order valence-electron chi connectivity index (χ2n) is 13.8. The molecule has 0 fully saturated rings. The molecule has 4 N–H and O–H groups in total. The molecule has 0 saturated carbocycles. The number of carbonyl (C=O) groups excluding carboxylic acids is 4. The Morgan fingerprint density at radius 2 is 1.81 bits per heavy atom. The summed E-state index contributed by atoms with van der Waals surface area (Å²) in [5, 5.41) is 4.56. The van der Waals surface area contributed by atoms with Crippen LogP contribution < -0.4 is 14.7 Å². The number of anilines is 2. The van der Waals surface area contributed by atoms with Crippen molar-refractivity contribution < 1.29 is 47.5 Å². The third-order valence-corrected chi connectivity index (χ3v) is 12.5. The van der Waals surface area contributed by atoms with Crippen LogP contribution in [0.4, 0.5) is 16.2 Å². The first-order chi connectivity index (χ1) is 27.7. The van der Waals surface area contributed by atoms with Gasteiger partial charge in [-0.15, -0.1) is 11.6 Å². The van der Waals surface area contributed by atoms with Crippen molar-refractivity contribution in [1.82, 2.24) is 9.88 Å². The average Bonchev–Trinajstić information content (AvgIpc) is 3.78. The summed E-state index contributed by atoms with van der Waals surface area (Å²) in [6, 6.07) is 21.0. The van der Waals surface area contributed by atoms with Gasteiger partial charge in [-0.2, -0.15) is 0 Å². The van der Waals surface area contributed by atoms with E-state index in [1.807, 2.05) is 18.2 Å². The summed E-state index contributed by atoms with van der Waals surface area (Å²) in [5.74, 6) is 0.156. The molecule has 58 heavy (non-hydrogen) atoms. The molecule has 1 aliphatic rings. The minimum Gasteiger partial charge on any atom is -0.444 e. The number of hydrogen-bond acceptors (Lipinski definition) is 10. The molecule has 18 heteroatoms. The summed E-state index contributed by atoms with van der Waals surface area (Å²) in [7, 11) is 1.66. The van der Waals surface area contributed by atoms with Gasteiger partial charge in [-0.05, 0) is 65.8 Å². The summed E-state index contributed by atoms with van der Waals surface area (Å²) in [5.41, 5.74) is 4.28. The molecule has 4 aromatic carbocycles. The van der Waals surface area contributed by atoms with Gasteiger partial charge in [0.2, 0.25) is 5.91 Å². The minimum absolute atomic E-state index is 0.00951. The maximum atomic E-state index is 14.0. The molecule has 14 nitrogen and oxygen atoms in total. The molecule has 6 rings (SSSR count). The van der Waals surface area contributed by atoms with Crippen molar-refractivity contribution in [1.29, 1.82) is 0 Å². The van der Waals surface area contributed by atoms with E-state index in [0.717, 1.165) is 21.6 Å². The molecule has 1 aliphatic heterocycles. The van der Waals surface area contributed by atoms with Crippen LogP contribution in [0.5, 0.6) is 5.75 Å². The fourth-order valence-electron chi connectivity index (χ4n) is 6.56. The van der Waals surface area contributed by atoms with E-state index >= 15 is 0 Å². The number of halogens is 1. The first-order valence-corrected chi connectivity index (χ1v) is 22.5. The number of rotatable bonds is 17. The molecule has 0 radical (unpaired) electrons. The van der Waals surface area contributed by atoms with Crippen molar-refractivity contribution in [2.45, 2.75) is 37.2 Å². The second-order valence-corrected chi connectivity index (χ2v) is 17.7. The third kappa shape index (κ3) is 10.7. The smallest absolute Gasteiger partial charge is 0.444 e. The van der Waals surface area contributed by atoms with Gasteiger partial charge >= 0.3 is 13.9 Å². The van der Waals surface area contributed by atoms with E-state index in [0.29, 0.717) is 58.3 Å². The largest absolute Gasteiger partial charge is 0.524 e. The number of phosphoric ester groups is 1. The summed E-state index contributed by atoms with van der Waals surface area (Å²) >= 11 is 6.39. The quantitative estimate of drug-likeness (QED) is 0.0307. The van der Waals surface area contributed by atoms with E-state index in [1.54, 1.807) is 89.1 Å². The van der Waals surface area contributed by atoms with E-state index in [4.69, 9.17) is 25.6 Å². The Hall–Kier alpha value is -4.54. The number of benzene rings is 4. The highest BCUT2D eigenvalue weighted by molar-refractivity contribution is 8.76. The van der Waals surface area contributed by atoms with Crippen LogP contribution in [0.2, 0.25) is 0 Å². The van der Waals surface area contributed by atoms with Crippen molar-refractivity contribution in [3.05, 3.63) is 95.2 Å². The zero-order chi connectivity index (χ0) is 41.6. The Morgan fingerprint density at radius 3 is 2.53 bits per heavy atom. The molecule has 0 bridgehead atoms. The molecule has 2 heterocycles. The fourth-order valence-corrected chi connectivity index (χ4v) is 9.45. The number of ketones is 1. The van der Waals surface area contributed by atoms with Gasteiger partial charge in [0, 0.05) is 77.6 Å². The number of fused-ring (bicyclic) bond motifs is 4. The monoisotopic (exact) mass is 868 g/mol. The molecular formula is C40H42ClN4O10PS2. The number of nitrogens with zero attached hydrogens (tertiary/aromatic N) is 2. The zero-order valence-corrected chi connectivity index (χ0v) is 35.1. The Morgan fingerprint density at radius 1 is 1.03 bits per heavy atom. The number of Topliss-reactive ketones (excluding diaryl/α,β-unsaturated/α-hetero) is 1. The lowest BCUT2D eigenvalue weighted by molar-refractivity contribution is -0.128. The lowest BCUT2D eigenvalue weighted by Gasteiger charge is -2.19. The molecule has 0 spiro atoms. The average molecular weight is 869 g/mol. The molecule has 0 saturated heterocycles. The van der Waals surface area contributed by atoms with Crippen LogP contribution >= 0.6 is 41.0 Å². The maximum absolute atomic E-state index is 14.0. The number of amides is 3. The predicted molar refractivity (Wildman–Crippen MR) is 227 cm³/mol. The molecule has 1 atom stereocenters. The van der Waals surface area contributed by atoms with E-state index in [2.05, 4.69) is 10.3 Å². The highest BCUT2D eigenvalue weighted by Gasteiger charge is 2.36. The van der Waals surface area contributed by atoms with E-state index in [9.17, 15) is 33.5 Å². The highest BCUT2D eigenvalue weighted by atomic mass is 35.5. The number of aromatic amines is 1. The van der Waals surface area contributed by atoms with Gasteiger partial charge in [-0.3, -0.25) is 29.5 Å². The SMILES string of the molecule is CC(=O)COCCc1cc(COC(=O)Nc2ccc3[nH]c(C(=O)N4CC(CCl)c5c4cc(OP(=O)(O)O)c4ccccc54)cc3c2)ccc1SSCCC(=O)N(C)C. The van der Waals surface area contributed by atoms with Crippen molar-refractivity contribution >= 4 is 97.8 Å². The number of nitrogens with one attached hydrogen (secondary N) is 2. The van der Waals surface area contributed by atoms with Gasteiger partial charge < -0.3 is 28.8 Å². The van der Waals surface area contributed by atoms with Gasteiger partial charge in [0.25, 0.3) is 5.91 Å². The number of alkyl halides is 1. The van der Waals surface area contributed by atoms with Crippen LogP contribution in [0.3, 0.4) is 0 Å². The summed E-state index contributed by atoms with van der Waals surface area (Å²) in [6.07, 6.45) is 0.274. The van der Waals surface area contributed by atoms with E-state index in [1.165, 1.54) is 17.9 Å². The molecule has 1 unspecified atom stereocenters. The molecule has 5 aromatic rings. The molecule has 3 amide bonds. The van der Waals surface area contributed by atoms with Crippen molar-refractivity contribution in [3.63, 3.8) is 0 Å². The fraction of sp³-hybridized carbons (Fsp3) is 0.300.